The zero-order valence-electron chi connectivity index (χ0n) is 5.58. The highest BCUT2D eigenvalue weighted by molar-refractivity contribution is 5.25. The van der Waals surface area contributed by atoms with E-state index in [4.69, 9.17) is 4.74 Å². The second-order valence-electron chi connectivity index (χ2n) is 2.33. The molecular formula is C8H9NO. The van der Waals surface area contributed by atoms with Crippen molar-refractivity contribution >= 4 is 0 Å². The van der Waals surface area contributed by atoms with Crippen molar-refractivity contribution in [3.63, 3.8) is 0 Å². The number of rotatable bonds is 1. The number of epoxide rings is 1. The molecule has 2 heterocycles. The Morgan fingerprint density at radius 1 is 1.40 bits per heavy atom. The smallest absolute Gasteiger partial charge is 0.121 e. The summed E-state index contributed by atoms with van der Waals surface area (Å²) in [6, 6.07) is 0. The fraction of sp³-hybridized carbons (Fsp3) is 0.250. The molecule has 2 rings (SSSR count). The minimum absolute atomic E-state index is 0.326. The molecular weight excluding hydrogens is 126 g/mol. The number of nitrogens with one attached hydrogen (secondary N) is 1. The lowest BCUT2D eigenvalue weighted by molar-refractivity contribution is 0.426. The summed E-state index contributed by atoms with van der Waals surface area (Å²) in [6.45, 7) is 0.862. The lowest BCUT2D eigenvalue weighted by atomic mass is 10.3. The van der Waals surface area contributed by atoms with Crippen LogP contribution in [-0.4, -0.2) is 12.7 Å². The third kappa shape index (κ3) is 1.11. The molecule has 0 saturated carbocycles. The largest absolute Gasteiger partial charge is 0.366 e. The predicted octanol–water partition coefficient (Wildman–Crippen LogP) is 0.942. The van der Waals surface area contributed by atoms with Gasteiger partial charge in [0.25, 0.3) is 0 Å². The number of hydrogen-bond acceptors (Lipinski definition) is 2. The fourth-order valence-electron chi connectivity index (χ4n) is 0.899. The normalized spacial score (nSPS) is 28.8. The van der Waals surface area contributed by atoms with Gasteiger partial charge in [-0.2, -0.15) is 0 Å². The Bertz CT molecular complexity index is 211. The van der Waals surface area contributed by atoms with Crippen molar-refractivity contribution in [1.82, 2.24) is 5.32 Å². The van der Waals surface area contributed by atoms with Crippen molar-refractivity contribution < 1.29 is 4.74 Å². The molecule has 2 heteroatoms. The first-order valence-electron chi connectivity index (χ1n) is 3.38. The molecule has 10 heavy (non-hydrogen) atoms. The summed E-state index contributed by atoms with van der Waals surface area (Å²) in [5.74, 6) is 0. The predicted molar refractivity (Wildman–Crippen MR) is 39.2 cm³/mol. The molecule has 1 unspecified atom stereocenters. The fourth-order valence-corrected chi connectivity index (χ4v) is 0.899. The van der Waals surface area contributed by atoms with Gasteiger partial charge in [-0.05, 0) is 12.2 Å². The summed E-state index contributed by atoms with van der Waals surface area (Å²) in [4.78, 5) is 0. The van der Waals surface area contributed by atoms with Gasteiger partial charge >= 0.3 is 0 Å². The van der Waals surface area contributed by atoms with Gasteiger partial charge in [0, 0.05) is 11.9 Å². The standard InChI is InChI=1S/C8H9NO/c1-2-4-7(8-6-10-8)9-5-3-1/h1-5,8-9H,6H2. The van der Waals surface area contributed by atoms with E-state index in [1.54, 1.807) is 0 Å². The molecule has 0 aromatic heterocycles. The first-order chi connectivity index (χ1) is 4.97. The lowest BCUT2D eigenvalue weighted by Crippen LogP contribution is -2.09. The van der Waals surface area contributed by atoms with Crippen LogP contribution >= 0.6 is 0 Å². The molecule has 1 fully saturated rings. The van der Waals surface area contributed by atoms with Crippen LogP contribution in [0.3, 0.4) is 0 Å². The Morgan fingerprint density at radius 3 is 3.10 bits per heavy atom. The molecule has 1 atom stereocenters. The first-order valence-corrected chi connectivity index (χ1v) is 3.38. The van der Waals surface area contributed by atoms with Crippen LogP contribution < -0.4 is 5.32 Å². The zero-order valence-corrected chi connectivity index (χ0v) is 5.58. The van der Waals surface area contributed by atoms with Crippen LogP contribution in [0.4, 0.5) is 0 Å². The topological polar surface area (TPSA) is 24.6 Å². The first kappa shape index (κ1) is 5.74. The van der Waals surface area contributed by atoms with E-state index in [2.05, 4.69) is 5.32 Å². The van der Waals surface area contributed by atoms with Crippen molar-refractivity contribution in [2.75, 3.05) is 6.61 Å². The van der Waals surface area contributed by atoms with Crippen LogP contribution in [0.15, 0.2) is 36.2 Å². The highest BCUT2D eigenvalue weighted by Gasteiger charge is 2.26. The van der Waals surface area contributed by atoms with Gasteiger partial charge in [-0.25, -0.2) is 0 Å². The van der Waals surface area contributed by atoms with Gasteiger partial charge in [0.15, 0.2) is 0 Å². The maximum absolute atomic E-state index is 5.10. The van der Waals surface area contributed by atoms with E-state index in [9.17, 15) is 0 Å². The van der Waals surface area contributed by atoms with Gasteiger partial charge in [-0.3, -0.25) is 0 Å². The molecule has 0 radical (unpaired) electrons. The SMILES string of the molecule is C1=CC=C(C2CO2)NC=C1. The van der Waals surface area contributed by atoms with E-state index < -0.39 is 0 Å². The van der Waals surface area contributed by atoms with Crippen LogP contribution in [0.1, 0.15) is 0 Å². The lowest BCUT2D eigenvalue weighted by Gasteiger charge is -1.98. The molecule has 1 saturated heterocycles. The van der Waals surface area contributed by atoms with E-state index in [1.807, 2.05) is 30.5 Å². The molecule has 0 bridgehead atoms. The highest BCUT2D eigenvalue weighted by Crippen LogP contribution is 2.17. The van der Waals surface area contributed by atoms with E-state index >= 15 is 0 Å². The Kier molecular flexibility index (Phi) is 1.32. The monoisotopic (exact) mass is 135 g/mol. The summed E-state index contributed by atoms with van der Waals surface area (Å²) in [5.41, 5.74) is 1.16. The van der Waals surface area contributed by atoms with E-state index in [0.29, 0.717) is 6.10 Å². The van der Waals surface area contributed by atoms with Crippen molar-refractivity contribution in [3.8, 4) is 0 Å². The molecule has 2 aliphatic heterocycles. The van der Waals surface area contributed by atoms with E-state index in [0.717, 1.165) is 12.3 Å². The summed E-state index contributed by atoms with van der Waals surface area (Å²) >= 11 is 0. The molecule has 1 N–H and O–H groups in total. The summed E-state index contributed by atoms with van der Waals surface area (Å²) in [5, 5.41) is 3.14. The number of hydrogen-bond donors (Lipinski definition) is 1. The van der Waals surface area contributed by atoms with Crippen molar-refractivity contribution in [2.45, 2.75) is 6.10 Å². The average Bonchev–Trinajstić information content (AvgIpc) is 2.76. The van der Waals surface area contributed by atoms with Gasteiger partial charge in [0.1, 0.15) is 6.10 Å². The molecule has 0 aromatic rings. The molecule has 2 nitrogen and oxygen atoms in total. The molecule has 0 amide bonds. The van der Waals surface area contributed by atoms with Gasteiger partial charge < -0.3 is 10.1 Å². The molecule has 2 aliphatic rings. The number of ether oxygens (including phenoxy) is 1. The Balaban J connectivity index is 2.12. The van der Waals surface area contributed by atoms with Gasteiger partial charge in [-0.1, -0.05) is 12.2 Å². The average molecular weight is 135 g/mol. The van der Waals surface area contributed by atoms with Crippen molar-refractivity contribution in [2.24, 2.45) is 0 Å². The van der Waals surface area contributed by atoms with Crippen LogP contribution in [-0.2, 0) is 4.74 Å². The van der Waals surface area contributed by atoms with Gasteiger partial charge in [0.2, 0.25) is 0 Å². The second kappa shape index (κ2) is 2.31. The van der Waals surface area contributed by atoms with E-state index in [1.165, 1.54) is 0 Å². The van der Waals surface area contributed by atoms with Crippen LogP contribution in [0, 0.1) is 0 Å². The van der Waals surface area contributed by atoms with Crippen LogP contribution in [0.2, 0.25) is 0 Å². The number of allylic oxidation sites excluding steroid dienone is 4. The maximum atomic E-state index is 5.10. The molecule has 52 valence electrons. The second-order valence-corrected chi connectivity index (χ2v) is 2.33. The molecule has 0 aromatic carbocycles. The van der Waals surface area contributed by atoms with Gasteiger partial charge in [-0.15, -0.1) is 0 Å². The summed E-state index contributed by atoms with van der Waals surface area (Å²) in [7, 11) is 0. The van der Waals surface area contributed by atoms with Crippen LogP contribution in [0.25, 0.3) is 0 Å². The third-order valence-corrected chi connectivity index (χ3v) is 1.52. The third-order valence-electron chi connectivity index (χ3n) is 1.52. The van der Waals surface area contributed by atoms with Gasteiger partial charge in [0.05, 0.1) is 6.61 Å². The maximum Gasteiger partial charge on any atom is 0.121 e. The minimum Gasteiger partial charge on any atom is -0.366 e. The molecule has 0 aliphatic carbocycles. The van der Waals surface area contributed by atoms with Crippen molar-refractivity contribution in [3.05, 3.63) is 36.2 Å². The van der Waals surface area contributed by atoms with E-state index in [-0.39, 0.29) is 0 Å². The molecule has 0 spiro atoms. The summed E-state index contributed by atoms with van der Waals surface area (Å²) in [6.07, 6.45) is 10.2. The Labute approximate surface area is 59.9 Å². The quantitative estimate of drug-likeness (QED) is 0.541. The zero-order chi connectivity index (χ0) is 6.81. The summed E-state index contributed by atoms with van der Waals surface area (Å²) < 4.78 is 5.10. The Morgan fingerprint density at radius 2 is 2.30 bits per heavy atom. The van der Waals surface area contributed by atoms with Crippen LogP contribution in [0.5, 0.6) is 0 Å². The Hall–Kier alpha value is -1.02. The highest BCUT2D eigenvalue weighted by atomic mass is 16.6. The minimum atomic E-state index is 0.326. The van der Waals surface area contributed by atoms with Crippen molar-refractivity contribution in [1.29, 1.82) is 0 Å².